The fourth-order valence-electron chi connectivity index (χ4n) is 0.991. The van der Waals surface area contributed by atoms with E-state index in [-0.39, 0.29) is 17.9 Å². The van der Waals surface area contributed by atoms with Crippen molar-refractivity contribution >= 4 is 13.7 Å². The second-order valence-electron chi connectivity index (χ2n) is 3.30. The Morgan fingerprint density at radius 1 is 1.47 bits per heavy atom. The number of hydrogen-bond acceptors (Lipinski definition) is 4. The van der Waals surface area contributed by atoms with Crippen LogP contribution >= 0.6 is 7.94 Å². The van der Waals surface area contributed by atoms with E-state index < -0.39 is 7.94 Å². The molecular formula is C10H19O4P. The van der Waals surface area contributed by atoms with Gasteiger partial charge < -0.3 is 0 Å². The Hall–Kier alpha value is -0.460. The van der Waals surface area contributed by atoms with Crippen LogP contribution in [-0.4, -0.2) is 31.1 Å². The average molecular weight is 234 g/mol. The molecule has 0 radical (unpaired) electrons. The second-order valence-corrected chi connectivity index (χ2v) is 5.89. The van der Waals surface area contributed by atoms with Crippen molar-refractivity contribution in [1.29, 1.82) is 0 Å². The number of ketones is 1. The molecule has 0 aliphatic rings. The summed E-state index contributed by atoms with van der Waals surface area (Å²) in [7, 11) is -0.567. The van der Waals surface area contributed by atoms with Gasteiger partial charge in [-0.1, -0.05) is 0 Å². The van der Waals surface area contributed by atoms with Gasteiger partial charge in [0.15, 0.2) is 0 Å². The van der Waals surface area contributed by atoms with E-state index in [2.05, 4.69) is 11.8 Å². The van der Waals surface area contributed by atoms with Crippen LogP contribution < -0.4 is 0 Å². The second kappa shape index (κ2) is 6.92. The van der Waals surface area contributed by atoms with Crippen molar-refractivity contribution in [3.63, 3.8) is 0 Å². The van der Waals surface area contributed by atoms with Crippen LogP contribution in [-0.2, 0) is 13.8 Å². The first kappa shape index (κ1) is 14.5. The number of carbonyl (C=O) groups is 1. The molecule has 0 amide bonds. The fraction of sp³-hybridized carbons (Fsp3) is 0.700. The first-order chi connectivity index (χ1) is 6.99. The quantitative estimate of drug-likeness (QED) is 0.557. The van der Waals surface area contributed by atoms with Crippen molar-refractivity contribution in [3.8, 4) is 11.8 Å². The number of hydrogen-bond donors (Lipinski definition) is 1. The van der Waals surface area contributed by atoms with Crippen LogP contribution in [0.1, 0.15) is 20.3 Å². The fourth-order valence-corrected chi connectivity index (χ4v) is 2.24. The predicted octanol–water partition coefficient (Wildman–Crippen LogP) is 1.38. The minimum atomic E-state index is -3.26. The molecule has 88 valence electrons. The SMILES string of the molecule is CC#CCC(C)C(=O)C[PH](O)(OC)OC. The molecule has 15 heavy (non-hydrogen) atoms. The summed E-state index contributed by atoms with van der Waals surface area (Å²) < 4.78 is 9.66. The van der Waals surface area contributed by atoms with Gasteiger partial charge in [0.05, 0.1) is 0 Å². The van der Waals surface area contributed by atoms with E-state index in [1.54, 1.807) is 13.8 Å². The Morgan fingerprint density at radius 3 is 2.40 bits per heavy atom. The Kier molecular flexibility index (Phi) is 6.71. The first-order valence-electron chi connectivity index (χ1n) is 4.74. The molecule has 0 aromatic heterocycles. The molecule has 1 N–H and O–H groups in total. The van der Waals surface area contributed by atoms with Gasteiger partial charge in [0, 0.05) is 0 Å². The van der Waals surface area contributed by atoms with E-state index in [1.807, 2.05) is 0 Å². The van der Waals surface area contributed by atoms with Gasteiger partial charge in [-0.25, -0.2) is 0 Å². The third kappa shape index (κ3) is 5.25. The van der Waals surface area contributed by atoms with E-state index >= 15 is 0 Å². The van der Waals surface area contributed by atoms with Crippen LogP contribution in [0.15, 0.2) is 0 Å². The normalized spacial score (nSPS) is 13.9. The van der Waals surface area contributed by atoms with Crippen LogP contribution in [0.4, 0.5) is 0 Å². The summed E-state index contributed by atoms with van der Waals surface area (Å²) in [5, 5.41) is 0. The molecule has 1 unspecified atom stereocenters. The zero-order valence-electron chi connectivity index (χ0n) is 9.66. The standard InChI is InChI=1S/C10H19O4P/c1-5-6-7-9(2)10(11)8-15(12,13-3)14-4/h9,12,15H,7-8H2,1-4H3. The molecule has 0 rings (SSSR count). The van der Waals surface area contributed by atoms with Crippen LogP contribution in [0, 0.1) is 17.8 Å². The molecular weight excluding hydrogens is 215 g/mol. The Labute approximate surface area is 91.6 Å². The van der Waals surface area contributed by atoms with Gasteiger partial charge in [-0.3, -0.25) is 0 Å². The topological polar surface area (TPSA) is 55.8 Å². The molecule has 4 nitrogen and oxygen atoms in total. The van der Waals surface area contributed by atoms with Crippen molar-refractivity contribution in [2.45, 2.75) is 20.3 Å². The first-order valence-corrected chi connectivity index (χ1v) is 6.71. The molecule has 0 aliphatic heterocycles. The summed E-state index contributed by atoms with van der Waals surface area (Å²) in [6.45, 7) is 3.51. The molecule has 0 aliphatic carbocycles. The van der Waals surface area contributed by atoms with Gasteiger partial charge in [-0.15, -0.1) is 0 Å². The zero-order valence-corrected chi connectivity index (χ0v) is 10.7. The maximum absolute atomic E-state index is 11.6. The Bertz CT molecular complexity index is 262. The van der Waals surface area contributed by atoms with Crippen molar-refractivity contribution in [3.05, 3.63) is 0 Å². The van der Waals surface area contributed by atoms with E-state index in [4.69, 9.17) is 9.05 Å². The summed E-state index contributed by atoms with van der Waals surface area (Å²) in [5.74, 6) is 5.29. The van der Waals surface area contributed by atoms with E-state index in [0.29, 0.717) is 6.42 Å². The van der Waals surface area contributed by atoms with Crippen molar-refractivity contribution in [2.75, 3.05) is 20.4 Å². The van der Waals surface area contributed by atoms with Crippen molar-refractivity contribution in [1.82, 2.24) is 0 Å². The third-order valence-corrected chi connectivity index (χ3v) is 4.24. The van der Waals surface area contributed by atoms with Crippen LogP contribution in [0.5, 0.6) is 0 Å². The van der Waals surface area contributed by atoms with E-state index in [9.17, 15) is 9.69 Å². The van der Waals surface area contributed by atoms with E-state index in [0.717, 1.165) is 0 Å². The summed E-state index contributed by atoms with van der Waals surface area (Å²) in [4.78, 5) is 21.3. The van der Waals surface area contributed by atoms with Crippen molar-refractivity contribution in [2.24, 2.45) is 5.92 Å². The number of carbonyl (C=O) groups excluding carboxylic acids is 1. The van der Waals surface area contributed by atoms with Gasteiger partial charge >= 0.3 is 90.9 Å². The molecule has 0 aromatic rings. The maximum atomic E-state index is 11.6. The molecule has 0 bridgehead atoms. The molecule has 5 heteroatoms. The Balaban J connectivity index is 4.26. The summed E-state index contributed by atoms with van der Waals surface area (Å²) in [5.41, 5.74) is 0. The summed E-state index contributed by atoms with van der Waals surface area (Å²) in [6, 6.07) is 0. The van der Waals surface area contributed by atoms with Gasteiger partial charge in [0.25, 0.3) is 0 Å². The zero-order chi connectivity index (χ0) is 11.9. The van der Waals surface area contributed by atoms with Gasteiger partial charge in [0.2, 0.25) is 0 Å². The number of rotatable bonds is 6. The van der Waals surface area contributed by atoms with Gasteiger partial charge in [-0.2, -0.15) is 0 Å². The molecule has 0 spiro atoms. The van der Waals surface area contributed by atoms with Gasteiger partial charge in [-0.05, 0) is 0 Å². The molecule has 0 fully saturated rings. The minimum absolute atomic E-state index is 0.0490. The molecule has 0 saturated carbocycles. The van der Waals surface area contributed by atoms with Crippen molar-refractivity contribution < 1.29 is 18.7 Å². The molecule has 1 atom stereocenters. The van der Waals surface area contributed by atoms with Crippen LogP contribution in [0.2, 0.25) is 0 Å². The average Bonchev–Trinajstić information content (AvgIpc) is 2.25. The molecule has 0 saturated heterocycles. The monoisotopic (exact) mass is 234 g/mol. The summed E-state index contributed by atoms with van der Waals surface area (Å²) >= 11 is 0. The summed E-state index contributed by atoms with van der Waals surface area (Å²) in [6.07, 6.45) is 0.458. The molecule has 0 heterocycles. The molecule has 0 aromatic carbocycles. The van der Waals surface area contributed by atoms with Gasteiger partial charge in [0.1, 0.15) is 0 Å². The van der Waals surface area contributed by atoms with Crippen LogP contribution in [0.3, 0.4) is 0 Å². The Morgan fingerprint density at radius 2 is 2.00 bits per heavy atom. The number of Topliss-reactive ketones (excluding diaryl/α,β-unsaturated/α-hetero) is 1. The van der Waals surface area contributed by atoms with E-state index in [1.165, 1.54) is 14.2 Å². The predicted molar refractivity (Wildman–Crippen MR) is 61.7 cm³/mol. The third-order valence-electron chi connectivity index (χ3n) is 2.17. The van der Waals surface area contributed by atoms with Crippen LogP contribution in [0.25, 0.3) is 0 Å².